The van der Waals surface area contributed by atoms with Crippen LogP contribution < -0.4 is 5.73 Å². The summed E-state index contributed by atoms with van der Waals surface area (Å²) in [7, 11) is 0. The Kier molecular flexibility index (Phi) is 3.30. The number of esters is 1. The Morgan fingerprint density at radius 3 is 2.85 bits per heavy atom. The van der Waals surface area contributed by atoms with Crippen molar-refractivity contribution in [3.63, 3.8) is 0 Å². The van der Waals surface area contributed by atoms with Gasteiger partial charge in [0, 0.05) is 0 Å². The lowest BCUT2D eigenvalue weighted by Crippen LogP contribution is -2.07. The highest BCUT2D eigenvalue weighted by Crippen LogP contribution is 2.22. The molecule has 0 saturated carbocycles. The van der Waals surface area contributed by atoms with Crippen LogP contribution in [0.3, 0.4) is 0 Å². The Morgan fingerprint density at radius 2 is 2.10 bits per heavy atom. The summed E-state index contributed by atoms with van der Waals surface area (Å²) in [6.07, 6.45) is 1.42. The molecule has 0 radical (unpaired) electrons. The van der Waals surface area contributed by atoms with Gasteiger partial charge in [-0.2, -0.15) is 0 Å². The van der Waals surface area contributed by atoms with E-state index in [2.05, 4.69) is 9.97 Å². The van der Waals surface area contributed by atoms with Crippen molar-refractivity contribution in [2.24, 2.45) is 0 Å². The maximum absolute atomic E-state index is 11.8. The van der Waals surface area contributed by atoms with Crippen LogP contribution in [0, 0.1) is 0 Å². The van der Waals surface area contributed by atoms with E-state index in [9.17, 15) is 4.79 Å². The molecule has 20 heavy (non-hydrogen) atoms. The van der Waals surface area contributed by atoms with Gasteiger partial charge in [-0.05, 0) is 24.3 Å². The number of hydrogen-bond donors (Lipinski definition) is 1. The zero-order valence-corrected chi connectivity index (χ0v) is 11.3. The van der Waals surface area contributed by atoms with Gasteiger partial charge in [0.2, 0.25) is 0 Å². The van der Waals surface area contributed by atoms with Crippen molar-refractivity contribution in [3.8, 4) is 0 Å². The van der Waals surface area contributed by atoms with Gasteiger partial charge in [0.05, 0.1) is 22.1 Å². The Hall–Kier alpha value is -2.47. The highest BCUT2D eigenvalue weighted by atomic mass is 32.1. The fourth-order valence-electron chi connectivity index (χ4n) is 1.71. The fraction of sp³-hybridized carbons (Fsp3) is 0.0714. The van der Waals surface area contributed by atoms with E-state index in [-0.39, 0.29) is 12.3 Å². The van der Waals surface area contributed by atoms with Crippen LogP contribution in [0.2, 0.25) is 0 Å². The van der Waals surface area contributed by atoms with E-state index in [0.717, 1.165) is 15.2 Å². The van der Waals surface area contributed by atoms with Crippen LogP contribution in [0.4, 0.5) is 5.69 Å². The average molecular weight is 285 g/mol. The molecule has 6 heteroatoms. The number of ether oxygens (including phenoxy) is 1. The second kappa shape index (κ2) is 5.26. The Bertz CT molecular complexity index is 719. The number of fused-ring (bicyclic) bond motifs is 1. The standard InChI is InChI=1S/C14H11N3O2S/c15-9-5-6-11(16-7-9)14(18)19-8-13-17-10-3-1-2-4-12(10)20-13/h1-7H,8,15H2. The third-order valence-corrected chi connectivity index (χ3v) is 3.67. The summed E-state index contributed by atoms with van der Waals surface area (Å²) in [5.41, 5.74) is 7.17. The van der Waals surface area contributed by atoms with Crippen molar-refractivity contribution in [2.45, 2.75) is 6.61 Å². The van der Waals surface area contributed by atoms with Crippen LogP contribution in [-0.4, -0.2) is 15.9 Å². The van der Waals surface area contributed by atoms with Crippen LogP contribution >= 0.6 is 11.3 Å². The minimum Gasteiger partial charge on any atom is -0.454 e. The van der Waals surface area contributed by atoms with Crippen LogP contribution in [0.15, 0.2) is 42.6 Å². The molecule has 2 N–H and O–H groups in total. The van der Waals surface area contributed by atoms with Gasteiger partial charge in [0.1, 0.15) is 17.3 Å². The SMILES string of the molecule is Nc1ccc(C(=O)OCc2nc3ccccc3s2)nc1. The molecule has 2 heterocycles. The zero-order valence-electron chi connectivity index (χ0n) is 10.4. The number of benzene rings is 1. The normalized spacial score (nSPS) is 10.6. The van der Waals surface area contributed by atoms with Crippen molar-refractivity contribution in [1.29, 1.82) is 0 Å². The largest absolute Gasteiger partial charge is 0.454 e. The Labute approximate surface area is 119 Å². The molecule has 0 amide bonds. The van der Waals surface area contributed by atoms with Crippen molar-refractivity contribution in [1.82, 2.24) is 9.97 Å². The number of pyridine rings is 1. The maximum atomic E-state index is 11.8. The minimum absolute atomic E-state index is 0.143. The number of nitrogens with zero attached hydrogens (tertiary/aromatic N) is 2. The van der Waals surface area contributed by atoms with Gasteiger partial charge in [-0.3, -0.25) is 0 Å². The van der Waals surface area contributed by atoms with Crippen molar-refractivity contribution >= 4 is 33.2 Å². The minimum atomic E-state index is -0.482. The number of carbonyl (C=O) groups is 1. The monoisotopic (exact) mass is 285 g/mol. The molecule has 0 aliphatic heterocycles. The maximum Gasteiger partial charge on any atom is 0.357 e. The lowest BCUT2D eigenvalue weighted by Gasteiger charge is -2.01. The fourth-order valence-corrected chi connectivity index (χ4v) is 2.59. The summed E-state index contributed by atoms with van der Waals surface area (Å²) < 4.78 is 6.26. The summed E-state index contributed by atoms with van der Waals surface area (Å²) in [6.45, 7) is 0.143. The van der Waals surface area contributed by atoms with Crippen molar-refractivity contribution in [2.75, 3.05) is 5.73 Å². The topological polar surface area (TPSA) is 78.1 Å². The lowest BCUT2D eigenvalue weighted by molar-refractivity contribution is 0.0465. The van der Waals surface area contributed by atoms with E-state index in [4.69, 9.17) is 10.5 Å². The predicted octanol–water partition coefficient (Wildman–Crippen LogP) is 2.63. The van der Waals surface area contributed by atoms with Gasteiger partial charge < -0.3 is 10.5 Å². The molecule has 2 aromatic heterocycles. The number of para-hydroxylation sites is 1. The van der Waals surface area contributed by atoms with Gasteiger partial charge in [-0.25, -0.2) is 14.8 Å². The Morgan fingerprint density at radius 1 is 1.25 bits per heavy atom. The van der Waals surface area contributed by atoms with Crippen LogP contribution in [-0.2, 0) is 11.3 Å². The van der Waals surface area contributed by atoms with Gasteiger partial charge in [-0.1, -0.05) is 12.1 Å². The first-order valence-electron chi connectivity index (χ1n) is 5.95. The van der Waals surface area contributed by atoms with Crippen LogP contribution in [0.1, 0.15) is 15.5 Å². The molecule has 0 spiro atoms. The number of nitrogens with two attached hydrogens (primary N) is 1. The van der Waals surface area contributed by atoms with Crippen LogP contribution in [0.5, 0.6) is 0 Å². The summed E-state index contributed by atoms with van der Waals surface area (Å²) in [5, 5.41) is 0.759. The Balaban J connectivity index is 1.69. The molecule has 0 unspecified atom stereocenters. The molecule has 1 aromatic carbocycles. The summed E-state index contributed by atoms with van der Waals surface area (Å²) in [4.78, 5) is 20.1. The number of anilines is 1. The smallest absolute Gasteiger partial charge is 0.357 e. The van der Waals surface area contributed by atoms with E-state index in [1.807, 2.05) is 24.3 Å². The molecule has 0 fully saturated rings. The molecule has 0 bridgehead atoms. The first-order valence-corrected chi connectivity index (χ1v) is 6.77. The second-order valence-corrected chi connectivity index (χ2v) is 5.24. The van der Waals surface area contributed by atoms with Gasteiger partial charge >= 0.3 is 5.97 Å². The van der Waals surface area contributed by atoms with Crippen LogP contribution in [0.25, 0.3) is 10.2 Å². The van der Waals surface area contributed by atoms with Gasteiger partial charge in [0.25, 0.3) is 0 Å². The number of hydrogen-bond acceptors (Lipinski definition) is 6. The molecule has 0 atom stereocenters. The highest BCUT2D eigenvalue weighted by Gasteiger charge is 2.10. The molecular weight excluding hydrogens is 274 g/mol. The first kappa shape index (κ1) is 12.6. The molecular formula is C14H11N3O2S. The van der Waals surface area contributed by atoms with E-state index < -0.39 is 5.97 Å². The molecule has 0 saturated heterocycles. The van der Waals surface area contributed by atoms with E-state index >= 15 is 0 Å². The van der Waals surface area contributed by atoms with E-state index in [1.54, 1.807) is 6.07 Å². The second-order valence-electron chi connectivity index (χ2n) is 4.13. The number of aromatic nitrogens is 2. The van der Waals surface area contributed by atoms with E-state index in [1.165, 1.54) is 23.6 Å². The number of rotatable bonds is 3. The number of nitrogen functional groups attached to an aromatic ring is 1. The third-order valence-electron chi connectivity index (χ3n) is 2.66. The van der Waals surface area contributed by atoms with Crippen molar-refractivity contribution < 1.29 is 9.53 Å². The summed E-state index contributed by atoms with van der Waals surface area (Å²) >= 11 is 1.51. The molecule has 0 aliphatic carbocycles. The van der Waals surface area contributed by atoms with E-state index in [0.29, 0.717) is 5.69 Å². The molecule has 3 rings (SSSR count). The summed E-state index contributed by atoms with van der Waals surface area (Å²) in [5.74, 6) is -0.482. The lowest BCUT2D eigenvalue weighted by atomic mass is 10.3. The number of thiazole rings is 1. The average Bonchev–Trinajstić information content (AvgIpc) is 2.88. The summed E-state index contributed by atoms with van der Waals surface area (Å²) in [6, 6.07) is 10.9. The molecule has 0 aliphatic rings. The van der Waals surface area contributed by atoms with Crippen molar-refractivity contribution in [3.05, 3.63) is 53.3 Å². The predicted molar refractivity (Wildman–Crippen MR) is 77.4 cm³/mol. The highest BCUT2D eigenvalue weighted by molar-refractivity contribution is 7.18. The molecule has 100 valence electrons. The number of carbonyl (C=O) groups excluding carboxylic acids is 1. The quantitative estimate of drug-likeness (QED) is 0.748. The molecule has 5 nitrogen and oxygen atoms in total. The first-order chi connectivity index (χ1) is 9.72. The third kappa shape index (κ3) is 2.60. The van der Waals surface area contributed by atoms with Gasteiger partial charge in [-0.15, -0.1) is 11.3 Å². The zero-order chi connectivity index (χ0) is 13.9. The van der Waals surface area contributed by atoms with Gasteiger partial charge in [0.15, 0.2) is 0 Å². The molecule has 3 aromatic rings.